The summed E-state index contributed by atoms with van der Waals surface area (Å²) in [7, 11) is 1.37. The lowest BCUT2D eigenvalue weighted by Gasteiger charge is -2.11. The largest absolute Gasteiger partial charge is 0.479 e. The van der Waals surface area contributed by atoms with Gasteiger partial charge in [0.05, 0.1) is 12.6 Å². The number of aromatic nitrogens is 3. The minimum absolute atomic E-state index is 0.116. The molecule has 0 aliphatic carbocycles. The van der Waals surface area contributed by atoms with E-state index in [0.29, 0.717) is 16.4 Å². The van der Waals surface area contributed by atoms with Crippen LogP contribution in [0.5, 0.6) is 5.88 Å². The number of nitrogens with zero attached hydrogens (tertiary/aromatic N) is 3. The third-order valence-electron chi connectivity index (χ3n) is 3.39. The normalized spacial score (nSPS) is 12.0. The zero-order chi connectivity index (χ0) is 15.9. The zero-order valence-corrected chi connectivity index (χ0v) is 11.7. The van der Waals surface area contributed by atoms with E-state index >= 15 is 0 Å². The van der Waals surface area contributed by atoms with Crippen LogP contribution in [0.1, 0.15) is 5.56 Å². The summed E-state index contributed by atoms with van der Waals surface area (Å²) >= 11 is 0. The van der Waals surface area contributed by atoms with Crippen LogP contribution in [0.4, 0.5) is 13.2 Å². The van der Waals surface area contributed by atoms with Gasteiger partial charge in [0.2, 0.25) is 5.88 Å². The van der Waals surface area contributed by atoms with Crippen LogP contribution in [-0.4, -0.2) is 27.8 Å². The summed E-state index contributed by atoms with van der Waals surface area (Å²) in [5.74, 6) is 0.116. The average molecular weight is 307 g/mol. The molecule has 0 N–H and O–H groups in total. The van der Waals surface area contributed by atoms with Crippen LogP contribution in [0, 0.1) is 0 Å². The average Bonchev–Trinajstić information content (AvgIpc) is 2.79. The minimum Gasteiger partial charge on any atom is -0.479 e. The molecule has 0 unspecified atom stereocenters. The molecule has 3 rings (SSSR count). The molecule has 0 saturated carbocycles. The molecule has 1 aromatic carbocycles. The third-order valence-corrected chi connectivity index (χ3v) is 3.39. The molecule has 7 heteroatoms. The van der Waals surface area contributed by atoms with Crippen molar-refractivity contribution >= 4 is 28.0 Å². The van der Waals surface area contributed by atoms with Crippen molar-refractivity contribution in [1.29, 1.82) is 0 Å². The van der Waals surface area contributed by atoms with Gasteiger partial charge in [0.15, 0.2) is 0 Å². The quantitative estimate of drug-likeness (QED) is 0.739. The number of hydrogen-bond donors (Lipinski definition) is 0. The first-order valence-corrected chi connectivity index (χ1v) is 6.44. The van der Waals surface area contributed by atoms with Gasteiger partial charge in [-0.1, -0.05) is 18.7 Å². The summed E-state index contributed by atoms with van der Waals surface area (Å²) in [4.78, 5) is 8.04. The molecule has 0 amide bonds. The van der Waals surface area contributed by atoms with Crippen molar-refractivity contribution in [3.63, 3.8) is 0 Å². The van der Waals surface area contributed by atoms with E-state index in [2.05, 4.69) is 16.5 Å². The van der Waals surface area contributed by atoms with Crippen LogP contribution in [0.15, 0.2) is 31.1 Å². The Kier molecular flexibility index (Phi) is 3.27. The molecule has 0 atom stereocenters. The van der Waals surface area contributed by atoms with Gasteiger partial charge < -0.3 is 9.30 Å². The van der Waals surface area contributed by atoms with Gasteiger partial charge in [-0.15, -0.1) is 0 Å². The van der Waals surface area contributed by atoms with E-state index in [4.69, 9.17) is 4.74 Å². The molecule has 0 aliphatic heterocycles. The monoisotopic (exact) mass is 307 g/mol. The molecular weight excluding hydrogens is 295 g/mol. The highest BCUT2D eigenvalue weighted by Crippen LogP contribution is 2.34. The summed E-state index contributed by atoms with van der Waals surface area (Å²) in [5.41, 5.74) is 1.89. The van der Waals surface area contributed by atoms with Crippen molar-refractivity contribution in [2.24, 2.45) is 0 Å². The standard InChI is InChI=1S/C15H12F3N3O/c1-3-9-4-5-11-10(6-9)12-13(14(22-2)20-8-19-12)21(11)7-15(16,17)18/h3-6,8H,1,7H2,2H3. The van der Waals surface area contributed by atoms with Crippen molar-refractivity contribution in [3.05, 3.63) is 36.7 Å². The molecule has 0 saturated heterocycles. The maximum absolute atomic E-state index is 12.9. The fourth-order valence-electron chi connectivity index (χ4n) is 2.52. The summed E-state index contributed by atoms with van der Waals surface area (Å²) in [6.07, 6.45) is -1.46. The molecule has 22 heavy (non-hydrogen) atoms. The number of halogens is 3. The second-order valence-corrected chi connectivity index (χ2v) is 4.76. The van der Waals surface area contributed by atoms with Crippen LogP contribution in [0.25, 0.3) is 28.0 Å². The van der Waals surface area contributed by atoms with Gasteiger partial charge in [-0.2, -0.15) is 18.2 Å². The Morgan fingerprint density at radius 2 is 2.09 bits per heavy atom. The lowest BCUT2D eigenvalue weighted by molar-refractivity contribution is -0.139. The highest BCUT2D eigenvalue weighted by atomic mass is 19.4. The highest BCUT2D eigenvalue weighted by molar-refractivity contribution is 6.07. The van der Waals surface area contributed by atoms with E-state index in [9.17, 15) is 13.2 Å². The number of benzene rings is 1. The van der Waals surface area contributed by atoms with Gasteiger partial charge in [0, 0.05) is 5.39 Å². The van der Waals surface area contributed by atoms with E-state index in [1.807, 2.05) is 0 Å². The maximum Gasteiger partial charge on any atom is 0.406 e. The van der Waals surface area contributed by atoms with Gasteiger partial charge in [-0.25, -0.2) is 4.98 Å². The molecule has 0 spiro atoms. The second-order valence-electron chi connectivity index (χ2n) is 4.76. The van der Waals surface area contributed by atoms with E-state index in [0.717, 1.165) is 10.1 Å². The van der Waals surface area contributed by atoms with Crippen molar-refractivity contribution in [2.75, 3.05) is 7.11 Å². The van der Waals surface area contributed by atoms with E-state index in [1.54, 1.807) is 24.3 Å². The molecular formula is C15H12F3N3O. The maximum atomic E-state index is 12.9. The SMILES string of the molecule is C=Cc1ccc2c(c1)c1ncnc(OC)c1n2CC(F)(F)F. The number of fused-ring (bicyclic) bond motifs is 3. The summed E-state index contributed by atoms with van der Waals surface area (Å²) in [5, 5.41) is 0.609. The highest BCUT2D eigenvalue weighted by Gasteiger charge is 2.31. The van der Waals surface area contributed by atoms with Crippen molar-refractivity contribution in [3.8, 4) is 5.88 Å². The van der Waals surface area contributed by atoms with Crippen LogP contribution in [0.3, 0.4) is 0 Å². The predicted molar refractivity (Wildman–Crippen MR) is 77.7 cm³/mol. The third kappa shape index (κ3) is 2.28. The minimum atomic E-state index is -4.36. The van der Waals surface area contributed by atoms with E-state index in [1.165, 1.54) is 13.4 Å². The molecule has 0 radical (unpaired) electrons. The smallest absolute Gasteiger partial charge is 0.406 e. The fourth-order valence-corrected chi connectivity index (χ4v) is 2.52. The van der Waals surface area contributed by atoms with Crippen LogP contribution in [-0.2, 0) is 6.54 Å². The lowest BCUT2D eigenvalue weighted by Crippen LogP contribution is -2.17. The first kappa shape index (κ1) is 14.4. The van der Waals surface area contributed by atoms with Gasteiger partial charge in [-0.05, 0) is 17.7 Å². The van der Waals surface area contributed by atoms with E-state index < -0.39 is 12.7 Å². The molecule has 0 fully saturated rings. The fraction of sp³-hybridized carbons (Fsp3) is 0.200. The summed E-state index contributed by atoms with van der Waals surface area (Å²) in [6, 6.07) is 5.09. The first-order valence-electron chi connectivity index (χ1n) is 6.44. The Morgan fingerprint density at radius 3 is 2.73 bits per heavy atom. The topological polar surface area (TPSA) is 39.9 Å². The molecule has 3 aromatic rings. The van der Waals surface area contributed by atoms with Crippen LogP contribution >= 0.6 is 0 Å². The lowest BCUT2D eigenvalue weighted by atomic mass is 10.1. The van der Waals surface area contributed by atoms with Crippen molar-refractivity contribution < 1.29 is 17.9 Å². The van der Waals surface area contributed by atoms with Crippen molar-refractivity contribution in [2.45, 2.75) is 12.7 Å². The van der Waals surface area contributed by atoms with Gasteiger partial charge in [0.25, 0.3) is 0 Å². The van der Waals surface area contributed by atoms with Gasteiger partial charge >= 0.3 is 6.18 Å². The Labute approximate surface area is 123 Å². The first-order chi connectivity index (χ1) is 10.4. The zero-order valence-electron chi connectivity index (χ0n) is 11.7. The van der Waals surface area contributed by atoms with Crippen LogP contribution < -0.4 is 4.74 Å². The van der Waals surface area contributed by atoms with Gasteiger partial charge in [-0.3, -0.25) is 0 Å². The van der Waals surface area contributed by atoms with E-state index in [-0.39, 0.29) is 11.4 Å². The second kappa shape index (κ2) is 5.01. The number of methoxy groups -OCH3 is 1. The van der Waals surface area contributed by atoms with Gasteiger partial charge in [0.1, 0.15) is 23.9 Å². The number of hydrogen-bond acceptors (Lipinski definition) is 3. The van der Waals surface area contributed by atoms with Crippen LogP contribution in [0.2, 0.25) is 0 Å². The Balaban J connectivity index is 2.44. The molecule has 2 aromatic heterocycles. The Hall–Kier alpha value is -2.57. The molecule has 2 heterocycles. The molecule has 0 bridgehead atoms. The van der Waals surface area contributed by atoms with Crippen molar-refractivity contribution in [1.82, 2.24) is 14.5 Å². The number of alkyl halides is 3. The molecule has 0 aliphatic rings. The summed E-state index contributed by atoms with van der Waals surface area (Å²) in [6.45, 7) is 2.54. The predicted octanol–water partition coefficient (Wildman–Crippen LogP) is 3.80. The molecule has 114 valence electrons. The number of rotatable bonds is 3. The molecule has 4 nitrogen and oxygen atoms in total. The number of ether oxygens (including phenoxy) is 1. The Bertz CT molecular complexity index is 868. The summed E-state index contributed by atoms with van der Waals surface area (Å²) < 4.78 is 45.1. The Morgan fingerprint density at radius 1 is 1.32 bits per heavy atom.